The fraction of sp³-hybridized carbons (Fsp3) is 0.391. The number of nitrogens with one attached hydrogen (secondary N) is 1. The maximum atomic E-state index is 13.1. The van der Waals surface area contributed by atoms with Crippen LogP contribution in [0.4, 0.5) is 4.39 Å². The first-order valence-corrected chi connectivity index (χ1v) is 9.95. The van der Waals surface area contributed by atoms with E-state index < -0.39 is 6.04 Å². The highest BCUT2D eigenvalue weighted by atomic mass is 19.1. The summed E-state index contributed by atoms with van der Waals surface area (Å²) in [6.45, 7) is 5.57. The highest BCUT2D eigenvalue weighted by Crippen LogP contribution is 2.18. The Balaban J connectivity index is 2.22. The van der Waals surface area contributed by atoms with E-state index in [1.54, 1.807) is 7.11 Å². The zero-order valence-electron chi connectivity index (χ0n) is 17.9. The van der Waals surface area contributed by atoms with Crippen molar-refractivity contribution in [3.05, 3.63) is 59.9 Å². The molecule has 0 aromatic heterocycles. The van der Waals surface area contributed by atoms with Crippen LogP contribution in [0.25, 0.3) is 0 Å². The van der Waals surface area contributed by atoms with Crippen molar-refractivity contribution in [1.82, 2.24) is 10.2 Å². The third kappa shape index (κ3) is 6.76. The molecule has 1 N–H and O–H groups in total. The summed E-state index contributed by atoms with van der Waals surface area (Å²) < 4.78 is 23.9. The molecule has 2 rings (SSSR count). The number of methoxy groups -OCH3 is 1. The van der Waals surface area contributed by atoms with E-state index in [4.69, 9.17) is 9.47 Å². The lowest BCUT2D eigenvalue weighted by molar-refractivity contribution is -0.143. The second-order valence-electron chi connectivity index (χ2n) is 7.20. The van der Waals surface area contributed by atoms with Crippen molar-refractivity contribution in [2.45, 2.75) is 45.8 Å². The Kier molecular flexibility index (Phi) is 8.65. The van der Waals surface area contributed by atoms with E-state index in [9.17, 15) is 14.0 Å². The normalized spacial score (nSPS) is 11.7. The zero-order valence-corrected chi connectivity index (χ0v) is 17.9. The first kappa shape index (κ1) is 23.2. The Labute approximate surface area is 177 Å². The van der Waals surface area contributed by atoms with Crippen LogP contribution in [0.2, 0.25) is 0 Å². The van der Waals surface area contributed by atoms with Crippen molar-refractivity contribution in [3.8, 4) is 11.5 Å². The molecule has 0 saturated heterocycles. The molecule has 30 heavy (non-hydrogen) atoms. The van der Waals surface area contributed by atoms with Crippen molar-refractivity contribution in [1.29, 1.82) is 0 Å². The number of rotatable bonds is 10. The third-order valence-corrected chi connectivity index (χ3v) is 4.48. The summed E-state index contributed by atoms with van der Waals surface area (Å²) in [6.07, 6.45) is 0.449. The zero-order chi connectivity index (χ0) is 22.1. The number of carbonyl (C=O) groups excluding carboxylic acids is 2. The minimum Gasteiger partial charge on any atom is -0.497 e. The van der Waals surface area contributed by atoms with Gasteiger partial charge in [-0.25, -0.2) is 4.39 Å². The molecular weight excluding hydrogens is 387 g/mol. The summed E-state index contributed by atoms with van der Waals surface area (Å²) in [5.74, 6) is 0.107. The molecule has 6 nitrogen and oxygen atoms in total. The summed E-state index contributed by atoms with van der Waals surface area (Å²) >= 11 is 0. The van der Waals surface area contributed by atoms with Crippen LogP contribution >= 0.6 is 0 Å². The number of ether oxygens (including phenoxy) is 2. The molecule has 2 aromatic carbocycles. The van der Waals surface area contributed by atoms with Crippen LogP contribution in [-0.4, -0.2) is 42.5 Å². The molecule has 0 spiro atoms. The number of carbonyl (C=O) groups is 2. The molecule has 1 unspecified atom stereocenters. The molecule has 0 aliphatic heterocycles. The fourth-order valence-corrected chi connectivity index (χ4v) is 3.03. The van der Waals surface area contributed by atoms with Crippen LogP contribution in [0.15, 0.2) is 48.5 Å². The van der Waals surface area contributed by atoms with Crippen LogP contribution < -0.4 is 14.8 Å². The molecule has 0 fully saturated rings. The number of halogens is 1. The van der Waals surface area contributed by atoms with Gasteiger partial charge in [0, 0.05) is 12.6 Å². The lowest BCUT2D eigenvalue weighted by Gasteiger charge is -2.31. The lowest BCUT2D eigenvalue weighted by atomic mass is 10.1. The Morgan fingerprint density at radius 1 is 1.10 bits per heavy atom. The maximum absolute atomic E-state index is 13.1. The molecule has 0 aliphatic carbocycles. The predicted molar refractivity (Wildman–Crippen MR) is 113 cm³/mol. The molecule has 7 heteroatoms. The fourth-order valence-electron chi connectivity index (χ4n) is 3.03. The van der Waals surface area contributed by atoms with Gasteiger partial charge >= 0.3 is 0 Å². The van der Waals surface area contributed by atoms with Crippen LogP contribution in [0.5, 0.6) is 11.5 Å². The van der Waals surface area contributed by atoms with Crippen LogP contribution in [0, 0.1) is 5.82 Å². The van der Waals surface area contributed by atoms with Gasteiger partial charge in [-0.2, -0.15) is 0 Å². The highest BCUT2D eigenvalue weighted by molar-refractivity contribution is 5.88. The summed E-state index contributed by atoms with van der Waals surface area (Å²) in [6, 6.07) is 12.1. The Morgan fingerprint density at radius 3 is 2.40 bits per heavy atom. The standard InChI is InChI=1S/C23H29FN2O4/c1-5-21(23(28)25-16(2)3)26(14-17-7-6-8-20(13-17)29-4)22(27)15-30-19-11-9-18(24)10-12-19/h6-13,16,21H,5,14-15H2,1-4H3,(H,25,28). The molecule has 0 radical (unpaired) electrons. The smallest absolute Gasteiger partial charge is 0.261 e. The van der Waals surface area contributed by atoms with Crippen molar-refractivity contribution < 1.29 is 23.5 Å². The van der Waals surface area contributed by atoms with Gasteiger partial charge in [0.1, 0.15) is 23.4 Å². The van der Waals surface area contributed by atoms with Gasteiger partial charge < -0.3 is 19.7 Å². The molecule has 0 heterocycles. The van der Waals surface area contributed by atoms with Gasteiger partial charge in [-0.1, -0.05) is 19.1 Å². The van der Waals surface area contributed by atoms with E-state index in [1.165, 1.54) is 29.2 Å². The van der Waals surface area contributed by atoms with Gasteiger partial charge in [-0.3, -0.25) is 9.59 Å². The number of hydrogen-bond donors (Lipinski definition) is 1. The summed E-state index contributed by atoms with van der Waals surface area (Å²) in [7, 11) is 1.57. The molecule has 0 saturated carbocycles. The van der Waals surface area contributed by atoms with E-state index in [0.29, 0.717) is 17.9 Å². The van der Waals surface area contributed by atoms with E-state index in [-0.39, 0.29) is 36.8 Å². The Bertz CT molecular complexity index is 839. The van der Waals surface area contributed by atoms with E-state index >= 15 is 0 Å². The molecule has 0 aliphatic rings. The van der Waals surface area contributed by atoms with Gasteiger partial charge in [0.2, 0.25) is 5.91 Å². The monoisotopic (exact) mass is 416 g/mol. The summed E-state index contributed by atoms with van der Waals surface area (Å²) in [5.41, 5.74) is 0.834. The van der Waals surface area contributed by atoms with E-state index in [1.807, 2.05) is 45.0 Å². The molecule has 2 aromatic rings. The molecule has 162 valence electrons. The molecule has 2 amide bonds. The number of benzene rings is 2. The number of amides is 2. The average Bonchev–Trinajstić information content (AvgIpc) is 2.72. The second kappa shape index (κ2) is 11.2. The largest absolute Gasteiger partial charge is 0.497 e. The van der Waals surface area contributed by atoms with Crippen LogP contribution in [0.1, 0.15) is 32.8 Å². The minimum atomic E-state index is -0.650. The molecule has 0 bridgehead atoms. The van der Waals surface area contributed by atoms with Gasteiger partial charge in [-0.05, 0) is 62.2 Å². The first-order valence-electron chi connectivity index (χ1n) is 9.95. The Morgan fingerprint density at radius 2 is 1.80 bits per heavy atom. The second-order valence-corrected chi connectivity index (χ2v) is 7.20. The predicted octanol–water partition coefficient (Wildman–Crippen LogP) is 3.55. The number of nitrogens with zero attached hydrogens (tertiary/aromatic N) is 1. The van der Waals surface area contributed by atoms with Crippen molar-refractivity contribution in [2.24, 2.45) is 0 Å². The van der Waals surface area contributed by atoms with E-state index in [2.05, 4.69) is 5.32 Å². The quantitative estimate of drug-likeness (QED) is 0.643. The van der Waals surface area contributed by atoms with Crippen molar-refractivity contribution >= 4 is 11.8 Å². The summed E-state index contributed by atoms with van der Waals surface area (Å²) in [5, 5.41) is 2.88. The molecule has 1 atom stereocenters. The SMILES string of the molecule is CCC(C(=O)NC(C)C)N(Cc1cccc(OC)c1)C(=O)COc1ccc(F)cc1. The highest BCUT2D eigenvalue weighted by Gasteiger charge is 2.29. The van der Waals surface area contributed by atoms with E-state index in [0.717, 1.165) is 5.56 Å². The Hall–Kier alpha value is -3.09. The van der Waals surface area contributed by atoms with Gasteiger partial charge in [0.05, 0.1) is 7.11 Å². The maximum Gasteiger partial charge on any atom is 0.261 e. The average molecular weight is 416 g/mol. The van der Waals surface area contributed by atoms with Crippen LogP contribution in [0.3, 0.4) is 0 Å². The van der Waals surface area contributed by atoms with Gasteiger partial charge in [-0.15, -0.1) is 0 Å². The van der Waals surface area contributed by atoms with Crippen molar-refractivity contribution in [3.63, 3.8) is 0 Å². The lowest BCUT2D eigenvalue weighted by Crippen LogP contribution is -2.51. The first-order chi connectivity index (χ1) is 14.3. The third-order valence-electron chi connectivity index (χ3n) is 4.48. The van der Waals surface area contributed by atoms with Gasteiger partial charge in [0.25, 0.3) is 5.91 Å². The van der Waals surface area contributed by atoms with Crippen molar-refractivity contribution in [2.75, 3.05) is 13.7 Å². The topological polar surface area (TPSA) is 67.9 Å². The molecular formula is C23H29FN2O4. The minimum absolute atomic E-state index is 0.0456. The van der Waals surface area contributed by atoms with Crippen LogP contribution in [-0.2, 0) is 16.1 Å². The summed E-state index contributed by atoms with van der Waals surface area (Å²) in [4.78, 5) is 27.3. The number of hydrogen-bond acceptors (Lipinski definition) is 4. The van der Waals surface area contributed by atoms with Gasteiger partial charge in [0.15, 0.2) is 6.61 Å².